The van der Waals surface area contributed by atoms with Gasteiger partial charge < -0.3 is 33.8 Å². The summed E-state index contributed by atoms with van der Waals surface area (Å²) in [6.07, 6.45) is 60.1. The molecule has 582 valence electrons. The van der Waals surface area contributed by atoms with E-state index in [1.807, 2.05) is 0 Å². The van der Waals surface area contributed by atoms with Crippen LogP contribution in [0.25, 0.3) is 0 Å². The van der Waals surface area contributed by atoms with Crippen molar-refractivity contribution in [2.45, 2.75) is 432 Å². The van der Waals surface area contributed by atoms with Crippen molar-refractivity contribution in [3.05, 3.63) is 0 Å². The molecule has 0 spiro atoms. The monoisotopic (exact) mass is 1440 g/mol. The number of ether oxygens (including phenoxy) is 4. The van der Waals surface area contributed by atoms with Crippen molar-refractivity contribution in [3.63, 3.8) is 0 Å². The number of esters is 4. The zero-order valence-electron chi connectivity index (χ0n) is 64.1. The van der Waals surface area contributed by atoms with E-state index in [0.29, 0.717) is 25.7 Å². The number of hydrogen-bond donors (Lipinski definition) is 3. The minimum atomic E-state index is -4.96. The van der Waals surface area contributed by atoms with E-state index in [9.17, 15) is 43.2 Å². The Labute approximate surface area is 600 Å². The molecule has 3 N–H and O–H groups in total. The molecule has 0 radical (unpaired) electrons. The molecule has 0 aliphatic heterocycles. The molecular weight excluding hydrogens is 1280 g/mol. The second-order valence-electron chi connectivity index (χ2n) is 29.2. The first kappa shape index (κ1) is 96.1. The van der Waals surface area contributed by atoms with Gasteiger partial charge in [0.1, 0.15) is 19.3 Å². The normalized spacial score (nSPS) is 14.2. The number of unbranched alkanes of at least 4 members (excludes halogenated alkanes) is 47. The molecule has 0 aromatic carbocycles. The van der Waals surface area contributed by atoms with Crippen LogP contribution in [0.1, 0.15) is 414 Å². The zero-order chi connectivity index (χ0) is 72.1. The van der Waals surface area contributed by atoms with Crippen LogP contribution in [0.4, 0.5) is 0 Å². The number of hydrogen-bond acceptors (Lipinski definition) is 15. The lowest BCUT2D eigenvalue weighted by atomic mass is 9.99. The third-order valence-corrected chi connectivity index (χ3v) is 20.7. The van der Waals surface area contributed by atoms with Crippen molar-refractivity contribution in [1.82, 2.24) is 0 Å². The van der Waals surface area contributed by atoms with Gasteiger partial charge in [-0.15, -0.1) is 0 Å². The zero-order valence-corrected chi connectivity index (χ0v) is 65.9. The lowest BCUT2D eigenvalue weighted by Gasteiger charge is -2.21. The summed E-state index contributed by atoms with van der Waals surface area (Å²) in [4.78, 5) is 72.6. The van der Waals surface area contributed by atoms with E-state index < -0.39 is 97.5 Å². The predicted molar refractivity (Wildman–Crippen MR) is 400 cm³/mol. The van der Waals surface area contributed by atoms with Gasteiger partial charge in [-0.1, -0.05) is 363 Å². The maximum absolute atomic E-state index is 13.1. The van der Waals surface area contributed by atoms with Gasteiger partial charge in [0.15, 0.2) is 12.2 Å². The molecule has 6 atom stereocenters. The van der Waals surface area contributed by atoms with Gasteiger partial charge in [-0.3, -0.25) is 37.3 Å². The largest absolute Gasteiger partial charge is 0.472 e. The van der Waals surface area contributed by atoms with E-state index in [0.717, 1.165) is 108 Å². The summed E-state index contributed by atoms with van der Waals surface area (Å²) in [5.74, 6) is -0.500. The van der Waals surface area contributed by atoms with Gasteiger partial charge in [-0.25, -0.2) is 9.13 Å². The van der Waals surface area contributed by atoms with Gasteiger partial charge in [0.05, 0.1) is 26.4 Å². The van der Waals surface area contributed by atoms with Gasteiger partial charge in [-0.2, -0.15) is 0 Å². The molecule has 0 saturated carbocycles. The van der Waals surface area contributed by atoms with Gasteiger partial charge in [0.2, 0.25) is 0 Å². The molecule has 0 bridgehead atoms. The van der Waals surface area contributed by atoms with Crippen molar-refractivity contribution in [3.8, 4) is 0 Å². The number of carbonyl (C=O) groups excluding carboxylic acids is 4. The summed E-state index contributed by atoms with van der Waals surface area (Å²) in [5, 5.41) is 10.6. The molecule has 0 aromatic heterocycles. The molecule has 0 saturated heterocycles. The molecule has 0 aliphatic carbocycles. The molecular formula is C79H154O17P2. The van der Waals surface area contributed by atoms with Crippen LogP contribution < -0.4 is 0 Å². The van der Waals surface area contributed by atoms with E-state index in [1.165, 1.54) is 225 Å². The molecule has 0 aliphatic rings. The van der Waals surface area contributed by atoms with Gasteiger partial charge >= 0.3 is 39.5 Å². The number of phosphoric ester groups is 2. The molecule has 0 rings (SSSR count). The fraction of sp³-hybridized carbons (Fsp3) is 0.949. The Balaban J connectivity index is 5.13. The van der Waals surface area contributed by atoms with E-state index in [1.54, 1.807) is 0 Å². The van der Waals surface area contributed by atoms with Gasteiger partial charge in [0.25, 0.3) is 0 Å². The average molecular weight is 1440 g/mol. The van der Waals surface area contributed by atoms with Gasteiger partial charge in [0, 0.05) is 25.7 Å². The summed E-state index contributed by atoms with van der Waals surface area (Å²) in [6.45, 7) is 9.59. The smallest absolute Gasteiger partial charge is 0.462 e. The van der Waals surface area contributed by atoms with Crippen molar-refractivity contribution in [1.29, 1.82) is 0 Å². The third-order valence-electron chi connectivity index (χ3n) is 18.8. The van der Waals surface area contributed by atoms with Crippen LogP contribution in [-0.4, -0.2) is 96.7 Å². The van der Waals surface area contributed by atoms with Crippen LogP contribution >= 0.6 is 15.6 Å². The number of carbonyl (C=O) groups is 4. The first-order valence-corrected chi connectivity index (χ1v) is 44.0. The van der Waals surface area contributed by atoms with E-state index in [4.69, 9.17) is 37.0 Å². The molecule has 19 heteroatoms. The average Bonchev–Trinajstić information content (AvgIpc) is 1.14. The van der Waals surface area contributed by atoms with Crippen LogP contribution in [-0.2, 0) is 65.4 Å². The highest BCUT2D eigenvalue weighted by Gasteiger charge is 2.30. The second kappa shape index (κ2) is 70.7. The Morgan fingerprint density at radius 1 is 0.296 bits per heavy atom. The maximum atomic E-state index is 13.1. The fourth-order valence-electron chi connectivity index (χ4n) is 12.2. The first-order valence-electron chi connectivity index (χ1n) is 41.0. The minimum absolute atomic E-state index is 0.106. The molecule has 0 amide bonds. The Bertz CT molecular complexity index is 1890. The molecule has 98 heavy (non-hydrogen) atoms. The highest BCUT2D eigenvalue weighted by atomic mass is 31.2. The summed E-state index contributed by atoms with van der Waals surface area (Å²) < 4.78 is 68.4. The highest BCUT2D eigenvalue weighted by molar-refractivity contribution is 7.47. The molecule has 3 unspecified atom stereocenters. The Hall–Kier alpha value is -1.94. The van der Waals surface area contributed by atoms with E-state index in [-0.39, 0.29) is 25.7 Å². The van der Waals surface area contributed by atoms with Crippen LogP contribution in [0.2, 0.25) is 0 Å². The quantitative estimate of drug-likeness (QED) is 0.0222. The fourth-order valence-corrected chi connectivity index (χ4v) is 13.7. The van der Waals surface area contributed by atoms with Crippen molar-refractivity contribution < 1.29 is 80.2 Å². The molecule has 17 nitrogen and oxygen atoms in total. The van der Waals surface area contributed by atoms with Crippen LogP contribution in [0.5, 0.6) is 0 Å². The summed E-state index contributed by atoms with van der Waals surface area (Å²) in [7, 11) is -9.91. The standard InChI is InChI=1S/C79H154O17P2/c1-7-10-12-14-15-16-17-18-19-20-24-27-30-33-39-44-50-56-62-77(82)90-68-75(96-79(84)63-57-51-45-40-34-31-28-25-22-21-23-26-29-32-37-42-48-53-59-71(4)5)70-94-98(87,88)92-66-73(80)65-91-97(85,86)93-69-74(67-89-76(81)61-55-47-13-11-8-2)95-78(83)64-58-52-46-41-36-35-38-43-49-54-60-72(6)9-3/h71-75,80H,7-70H2,1-6H3,(H,85,86)(H,87,88)/t72?,73-,74+,75+/m0/s1. The molecule has 0 heterocycles. The summed E-state index contributed by atoms with van der Waals surface area (Å²) >= 11 is 0. The lowest BCUT2D eigenvalue weighted by Crippen LogP contribution is -2.30. The predicted octanol–water partition coefficient (Wildman–Crippen LogP) is 23.5. The third kappa shape index (κ3) is 71.1. The second-order valence-corrected chi connectivity index (χ2v) is 32.1. The Morgan fingerprint density at radius 3 is 0.776 bits per heavy atom. The Kier molecular flexibility index (Phi) is 69.3. The number of rotatable bonds is 78. The SMILES string of the molecule is CCCCCCCCCCCCCCCCCCCCC(=O)OC[C@H](COP(=O)(O)OC[C@@H](O)COP(=O)(O)OC[C@@H](COC(=O)CCCCCCC)OC(=O)CCCCCCCCCCCCC(C)CC)OC(=O)CCCCCCCCCCCCCCCCCCCCC(C)C. The van der Waals surface area contributed by atoms with Crippen molar-refractivity contribution in [2.24, 2.45) is 11.8 Å². The van der Waals surface area contributed by atoms with Crippen molar-refractivity contribution in [2.75, 3.05) is 39.6 Å². The van der Waals surface area contributed by atoms with E-state index in [2.05, 4.69) is 41.5 Å². The number of phosphoric acid groups is 2. The number of aliphatic hydroxyl groups excluding tert-OH is 1. The van der Waals surface area contributed by atoms with Crippen molar-refractivity contribution >= 4 is 39.5 Å². The summed E-state index contributed by atoms with van der Waals surface area (Å²) in [5.41, 5.74) is 0. The topological polar surface area (TPSA) is 237 Å². The lowest BCUT2D eigenvalue weighted by molar-refractivity contribution is -0.161. The Morgan fingerprint density at radius 2 is 0.520 bits per heavy atom. The highest BCUT2D eigenvalue weighted by Crippen LogP contribution is 2.45. The number of aliphatic hydroxyl groups is 1. The van der Waals surface area contributed by atoms with Crippen LogP contribution in [0.15, 0.2) is 0 Å². The van der Waals surface area contributed by atoms with E-state index >= 15 is 0 Å². The summed E-state index contributed by atoms with van der Waals surface area (Å²) in [6, 6.07) is 0. The van der Waals surface area contributed by atoms with Crippen LogP contribution in [0, 0.1) is 11.8 Å². The molecule has 0 fully saturated rings. The minimum Gasteiger partial charge on any atom is -0.462 e. The first-order chi connectivity index (χ1) is 47.4. The van der Waals surface area contributed by atoms with Gasteiger partial charge in [-0.05, 0) is 37.5 Å². The van der Waals surface area contributed by atoms with Crippen LogP contribution in [0.3, 0.4) is 0 Å². The maximum Gasteiger partial charge on any atom is 0.472 e. The molecule has 0 aromatic rings.